The number of rotatable bonds is 8. The monoisotopic (exact) mass is 759 g/mol. The first-order valence-corrected chi connectivity index (χ1v) is 20.7. The average Bonchev–Trinajstić information content (AvgIpc) is 3.97. The topological polar surface area (TPSA) is 64.5 Å². The molecule has 5 nitrogen and oxygen atoms in total. The largest absolute Gasteiger partial charge is 0.264 e. The minimum atomic E-state index is 0.665. The van der Waals surface area contributed by atoms with E-state index in [1.807, 2.05) is 36.5 Å². The molecule has 3 unspecified atom stereocenters. The maximum Gasteiger partial charge on any atom is 0.160 e. The predicted molar refractivity (Wildman–Crippen MR) is 239 cm³/mol. The fourth-order valence-corrected chi connectivity index (χ4v) is 9.60. The Morgan fingerprint density at radius 1 is 0.407 bits per heavy atom. The van der Waals surface area contributed by atoms with Crippen LogP contribution >= 0.6 is 0 Å². The first kappa shape index (κ1) is 35.1. The van der Waals surface area contributed by atoms with Crippen molar-refractivity contribution in [2.45, 2.75) is 31.6 Å². The van der Waals surface area contributed by atoms with E-state index >= 15 is 0 Å². The van der Waals surface area contributed by atoms with Gasteiger partial charge >= 0.3 is 0 Å². The highest BCUT2D eigenvalue weighted by molar-refractivity contribution is 6.00. The molecule has 9 aromatic rings. The lowest BCUT2D eigenvalue weighted by molar-refractivity contribution is 0.420. The van der Waals surface area contributed by atoms with Crippen molar-refractivity contribution < 1.29 is 0 Å². The summed E-state index contributed by atoms with van der Waals surface area (Å²) in [5, 5.41) is 2.22. The van der Waals surface area contributed by atoms with Crippen LogP contribution in [0.1, 0.15) is 37.2 Å². The number of fused-ring (bicyclic) bond motifs is 3. The smallest absolute Gasteiger partial charge is 0.160 e. The van der Waals surface area contributed by atoms with Crippen molar-refractivity contribution in [3.63, 3.8) is 0 Å². The number of benzene rings is 6. The summed E-state index contributed by atoms with van der Waals surface area (Å²) in [4.78, 5) is 25.4. The molecular weight excluding hydrogens is 719 g/mol. The maximum absolute atomic E-state index is 5.32. The van der Waals surface area contributed by atoms with Gasteiger partial charge < -0.3 is 0 Å². The Hall–Kier alpha value is -7.11. The van der Waals surface area contributed by atoms with Crippen molar-refractivity contribution in [1.82, 2.24) is 24.9 Å². The van der Waals surface area contributed by atoms with Gasteiger partial charge in [-0.1, -0.05) is 146 Å². The summed E-state index contributed by atoms with van der Waals surface area (Å²) in [7, 11) is 0. The molecule has 0 radical (unpaired) electrons. The van der Waals surface area contributed by atoms with Gasteiger partial charge in [-0.15, -0.1) is 0 Å². The van der Waals surface area contributed by atoms with Gasteiger partial charge in [0.15, 0.2) is 11.6 Å². The zero-order valence-corrected chi connectivity index (χ0v) is 32.6. The molecule has 5 heteroatoms. The summed E-state index contributed by atoms with van der Waals surface area (Å²) >= 11 is 0. The highest BCUT2D eigenvalue weighted by atomic mass is 14.9. The van der Waals surface area contributed by atoms with Crippen LogP contribution in [0.5, 0.6) is 0 Å². The van der Waals surface area contributed by atoms with Crippen molar-refractivity contribution in [1.29, 1.82) is 0 Å². The Labute approximate surface area is 344 Å². The van der Waals surface area contributed by atoms with Crippen molar-refractivity contribution in [3.05, 3.63) is 188 Å². The van der Waals surface area contributed by atoms with Crippen LogP contribution < -0.4 is 0 Å². The second-order valence-corrected chi connectivity index (χ2v) is 16.1. The van der Waals surface area contributed by atoms with Gasteiger partial charge in [-0.3, -0.25) is 4.98 Å². The minimum Gasteiger partial charge on any atom is -0.264 e. The molecule has 2 fully saturated rings. The zero-order chi connectivity index (χ0) is 39.1. The molecule has 2 saturated carbocycles. The Morgan fingerprint density at radius 2 is 1.02 bits per heavy atom. The van der Waals surface area contributed by atoms with Gasteiger partial charge in [-0.25, -0.2) is 19.9 Å². The quantitative estimate of drug-likeness (QED) is 0.154. The van der Waals surface area contributed by atoms with E-state index in [9.17, 15) is 0 Å². The minimum absolute atomic E-state index is 0.665. The second kappa shape index (κ2) is 15.0. The van der Waals surface area contributed by atoms with E-state index in [1.54, 1.807) is 6.20 Å². The summed E-state index contributed by atoms with van der Waals surface area (Å²) in [5.74, 6) is 3.80. The van der Waals surface area contributed by atoms with Crippen LogP contribution in [0.3, 0.4) is 0 Å². The van der Waals surface area contributed by atoms with Crippen LogP contribution in [0.4, 0.5) is 0 Å². The Morgan fingerprint density at radius 3 is 1.68 bits per heavy atom. The lowest BCUT2D eigenvalue weighted by Crippen LogP contribution is -2.08. The van der Waals surface area contributed by atoms with Crippen molar-refractivity contribution in [2.75, 3.05) is 0 Å². The molecule has 6 aromatic carbocycles. The molecule has 0 spiro atoms. The summed E-state index contributed by atoms with van der Waals surface area (Å²) in [5.41, 5.74) is 13.1. The lowest BCUT2D eigenvalue weighted by Gasteiger charge is -2.22. The normalized spacial score (nSPS) is 17.1. The molecule has 3 atom stereocenters. The van der Waals surface area contributed by atoms with Crippen LogP contribution in [0.2, 0.25) is 0 Å². The van der Waals surface area contributed by atoms with Gasteiger partial charge in [0.05, 0.1) is 22.8 Å². The molecule has 282 valence electrons. The SMILES string of the molecule is c1ccc(-c2nc(-c3cc(-c4cc(-c5ccc(C6CC7CCC6C7)cc5)nc(-c5ccccc5)n4)c4ccccc4c3)cc(-c3ccccc3-c3cccnc3)n2)cc1. The van der Waals surface area contributed by atoms with E-state index in [2.05, 4.69) is 145 Å². The molecule has 3 heterocycles. The predicted octanol–water partition coefficient (Wildman–Crippen LogP) is 13.4. The molecule has 2 bridgehead atoms. The number of hydrogen-bond donors (Lipinski definition) is 0. The van der Waals surface area contributed by atoms with Gasteiger partial charge in [-0.2, -0.15) is 0 Å². The second-order valence-electron chi connectivity index (χ2n) is 16.1. The summed E-state index contributed by atoms with van der Waals surface area (Å²) in [6.07, 6.45) is 9.23. The standard InChI is InChI=1S/C54H41N5/c1-3-12-38(13-4-1)53-56-49(37-25-23-36(24-26-37)47-29-35-21-22-41(47)28-35)32-52(59-53)48-31-43(30-40-16-7-8-18-44(40)48)50-33-51(58-54(57-50)39-14-5-2-6-15-39)46-20-10-9-19-45(46)42-17-11-27-55-34-42/h1-20,23-27,30-35,41,47H,21-22,28-29H2. The maximum atomic E-state index is 5.32. The van der Waals surface area contributed by atoms with Gasteiger partial charge in [0.2, 0.25) is 0 Å². The van der Waals surface area contributed by atoms with Crippen molar-refractivity contribution in [2.24, 2.45) is 11.8 Å². The first-order valence-electron chi connectivity index (χ1n) is 20.7. The summed E-state index contributed by atoms with van der Waals surface area (Å²) < 4.78 is 0. The summed E-state index contributed by atoms with van der Waals surface area (Å²) in [6, 6.07) is 59.6. The fraction of sp³-hybridized carbons (Fsp3) is 0.130. The van der Waals surface area contributed by atoms with Crippen LogP contribution in [-0.4, -0.2) is 24.9 Å². The third-order valence-electron chi connectivity index (χ3n) is 12.5. The Bertz CT molecular complexity index is 2950. The van der Waals surface area contributed by atoms with Crippen LogP contribution in [0.15, 0.2) is 182 Å². The number of nitrogens with zero attached hydrogens (tertiary/aromatic N) is 5. The van der Waals surface area contributed by atoms with E-state index < -0.39 is 0 Å². The van der Waals surface area contributed by atoms with Gasteiger partial charge in [-0.05, 0) is 89.2 Å². The van der Waals surface area contributed by atoms with Crippen LogP contribution in [0, 0.1) is 11.8 Å². The molecule has 2 aliphatic rings. The van der Waals surface area contributed by atoms with Crippen LogP contribution in [0.25, 0.3) is 89.7 Å². The lowest BCUT2D eigenvalue weighted by atomic mass is 9.83. The van der Waals surface area contributed by atoms with Gasteiger partial charge in [0.25, 0.3) is 0 Å². The van der Waals surface area contributed by atoms with Crippen molar-refractivity contribution in [3.8, 4) is 78.9 Å². The average molecular weight is 760 g/mol. The third-order valence-corrected chi connectivity index (χ3v) is 12.5. The number of pyridine rings is 1. The molecule has 59 heavy (non-hydrogen) atoms. The van der Waals surface area contributed by atoms with Gasteiger partial charge in [0.1, 0.15) is 0 Å². The zero-order valence-electron chi connectivity index (χ0n) is 32.6. The van der Waals surface area contributed by atoms with Crippen LogP contribution in [-0.2, 0) is 0 Å². The van der Waals surface area contributed by atoms with Crippen molar-refractivity contribution >= 4 is 10.8 Å². The molecular formula is C54H41N5. The number of hydrogen-bond acceptors (Lipinski definition) is 5. The molecule has 2 aliphatic carbocycles. The molecule has 0 aliphatic heterocycles. The highest BCUT2D eigenvalue weighted by Gasteiger charge is 2.40. The Balaban J connectivity index is 1.08. The first-order chi connectivity index (χ1) is 29.2. The molecule has 11 rings (SSSR count). The van der Waals surface area contributed by atoms with E-state index in [0.717, 1.165) is 89.9 Å². The molecule has 3 aromatic heterocycles. The highest BCUT2D eigenvalue weighted by Crippen LogP contribution is 2.53. The van der Waals surface area contributed by atoms with E-state index in [1.165, 1.54) is 31.2 Å². The molecule has 0 N–H and O–H groups in total. The van der Waals surface area contributed by atoms with E-state index in [0.29, 0.717) is 17.6 Å². The molecule has 0 amide bonds. The number of aromatic nitrogens is 5. The summed E-state index contributed by atoms with van der Waals surface area (Å²) in [6.45, 7) is 0. The Kier molecular flexibility index (Phi) is 8.92. The molecule has 0 saturated heterocycles. The third kappa shape index (κ3) is 6.79. The fourth-order valence-electron chi connectivity index (χ4n) is 9.60. The van der Waals surface area contributed by atoms with E-state index in [-0.39, 0.29) is 0 Å². The van der Waals surface area contributed by atoms with Gasteiger partial charge in [0, 0.05) is 51.3 Å². The van der Waals surface area contributed by atoms with E-state index in [4.69, 9.17) is 19.9 Å².